The molecule has 2 nitrogen and oxygen atoms in total. The van der Waals surface area contributed by atoms with E-state index in [1.54, 1.807) is 0 Å². The number of aliphatic hydroxyl groups is 1. The molecule has 0 radical (unpaired) electrons. The second kappa shape index (κ2) is 3.67. The van der Waals surface area contributed by atoms with Gasteiger partial charge in [0.05, 0.1) is 15.7 Å². The number of hydrogen-bond acceptors (Lipinski definition) is 2. The Kier molecular flexibility index (Phi) is 2.76. The predicted octanol–water partition coefficient (Wildman–Crippen LogP) is 3.27. The summed E-state index contributed by atoms with van der Waals surface area (Å²) >= 11 is 11.5. The predicted molar refractivity (Wildman–Crippen MR) is 59.1 cm³/mol. The van der Waals surface area contributed by atoms with Gasteiger partial charge in [-0.05, 0) is 30.0 Å². The molecule has 0 spiro atoms. The molecule has 7 heteroatoms. The Morgan fingerprint density at radius 1 is 1.35 bits per heavy atom. The Hall–Kier alpha value is -0.650. The standard InChI is InChI=1S/C10H8Cl2F3NO/c11-6-3-5-4(7(12)8(6)16)1-2-9(5,17)10(13,14)15/h3,17H,1-2,16H2/t9-/m1/s1. The van der Waals surface area contributed by atoms with E-state index in [9.17, 15) is 18.3 Å². The summed E-state index contributed by atoms with van der Waals surface area (Å²) in [7, 11) is 0. The van der Waals surface area contributed by atoms with E-state index in [4.69, 9.17) is 28.9 Å². The molecule has 1 atom stereocenters. The highest BCUT2D eigenvalue weighted by Gasteiger charge is 2.58. The summed E-state index contributed by atoms with van der Waals surface area (Å²) in [5.74, 6) is 0. The van der Waals surface area contributed by atoms with Gasteiger partial charge in [-0.2, -0.15) is 13.2 Å². The highest BCUT2D eigenvalue weighted by molar-refractivity contribution is 6.39. The van der Waals surface area contributed by atoms with Gasteiger partial charge in [-0.3, -0.25) is 0 Å². The van der Waals surface area contributed by atoms with Gasteiger partial charge in [0, 0.05) is 0 Å². The maximum atomic E-state index is 12.8. The minimum atomic E-state index is -4.76. The topological polar surface area (TPSA) is 46.2 Å². The molecule has 0 unspecified atom stereocenters. The van der Waals surface area contributed by atoms with E-state index in [1.165, 1.54) is 0 Å². The van der Waals surface area contributed by atoms with Gasteiger partial charge in [-0.1, -0.05) is 23.2 Å². The zero-order valence-electron chi connectivity index (χ0n) is 8.41. The van der Waals surface area contributed by atoms with Gasteiger partial charge in [0.2, 0.25) is 0 Å². The highest BCUT2D eigenvalue weighted by atomic mass is 35.5. The van der Waals surface area contributed by atoms with Crippen molar-refractivity contribution in [3.63, 3.8) is 0 Å². The number of hydrogen-bond donors (Lipinski definition) is 2. The molecule has 1 aromatic rings. The van der Waals surface area contributed by atoms with Gasteiger partial charge in [-0.15, -0.1) is 0 Å². The molecule has 1 aliphatic carbocycles. The van der Waals surface area contributed by atoms with Crippen LogP contribution in [-0.2, 0) is 12.0 Å². The molecule has 0 amide bonds. The lowest BCUT2D eigenvalue weighted by Crippen LogP contribution is -2.40. The van der Waals surface area contributed by atoms with Crippen LogP contribution in [0.3, 0.4) is 0 Å². The first-order valence-electron chi connectivity index (χ1n) is 4.74. The summed E-state index contributed by atoms with van der Waals surface area (Å²) < 4.78 is 38.5. The van der Waals surface area contributed by atoms with Gasteiger partial charge < -0.3 is 10.8 Å². The number of benzene rings is 1. The fraction of sp³-hybridized carbons (Fsp3) is 0.400. The summed E-state index contributed by atoms with van der Waals surface area (Å²) in [5, 5.41) is 9.64. The van der Waals surface area contributed by atoms with Crippen LogP contribution in [0.2, 0.25) is 10.0 Å². The smallest absolute Gasteiger partial charge is 0.396 e. The van der Waals surface area contributed by atoms with Crippen LogP contribution in [0, 0.1) is 0 Å². The van der Waals surface area contributed by atoms with Gasteiger partial charge in [0.15, 0.2) is 5.60 Å². The van der Waals surface area contributed by atoms with Crippen LogP contribution in [0.15, 0.2) is 6.07 Å². The first-order chi connectivity index (χ1) is 7.68. The first-order valence-corrected chi connectivity index (χ1v) is 5.50. The Morgan fingerprint density at radius 3 is 2.47 bits per heavy atom. The van der Waals surface area contributed by atoms with Gasteiger partial charge >= 0.3 is 6.18 Å². The monoisotopic (exact) mass is 285 g/mol. The maximum Gasteiger partial charge on any atom is 0.421 e. The van der Waals surface area contributed by atoms with E-state index in [-0.39, 0.29) is 33.3 Å². The third kappa shape index (κ3) is 1.68. The van der Waals surface area contributed by atoms with Crippen molar-refractivity contribution in [2.45, 2.75) is 24.6 Å². The van der Waals surface area contributed by atoms with E-state index in [0.717, 1.165) is 6.07 Å². The normalized spacial score (nSPS) is 23.9. The maximum absolute atomic E-state index is 12.8. The highest BCUT2D eigenvalue weighted by Crippen LogP contribution is 2.51. The van der Waals surface area contributed by atoms with Crippen molar-refractivity contribution in [2.24, 2.45) is 0 Å². The molecule has 0 saturated carbocycles. The second-order valence-electron chi connectivity index (χ2n) is 3.97. The van der Waals surface area contributed by atoms with Crippen LogP contribution >= 0.6 is 23.2 Å². The van der Waals surface area contributed by atoms with Gasteiger partial charge in [0.1, 0.15) is 0 Å². The molecule has 2 rings (SSSR count). The summed E-state index contributed by atoms with van der Waals surface area (Å²) in [6.45, 7) is 0. The Morgan fingerprint density at radius 2 is 1.94 bits per heavy atom. The molecule has 1 aliphatic rings. The molecule has 1 aromatic carbocycles. The van der Waals surface area contributed by atoms with Crippen LogP contribution in [0.1, 0.15) is 17.5 Å². The molecule has 17 heavy (non-hydrogen) atoms. The van der Waals surface area contributed by atoms with Crippen LogP contribution in [0.4, 0.5) is 18.9 Å². The average Bonchev–Trinajstić information content (AvgIpc) is 2.54. The minimum absolute atomic E-state index is 0.00678. The molecule has 0 bridgehead atoms. The number of anilines is 1. The average molecular weight is 286 g/mol. The third-order valence-electron chi connectivity index (χ3n) is 3.01. The van der Waals surface area contributed by atoms with Crippen molar-refractivity contribution in [1.29, 1.82) is 0 Å². The summed E-state index contributed by atoms with van der Waals surface area (Å²) in [6.07, 6.45) is -5.21. The van der Waals surface area contributed by atoms with E-state index in [2.05, 4.69) is 0 Å². The summed E-state index contributed by atoms with van der Waals surface area (Å²) in [6, 6.07) is 1.04. The van der Waals surface area contributed by atoms with Gasteiger partial charge in [-0.25, -0.2) is 0 Å². The Balaban J connectivity index is 2.68. The van der Waals surface area contributed by atoms with E-state index < -0.39 is 18.2 Å². The minimum Gasteiger partial charge on any atom is -0.396 e. The summed E-state index contributed by atoms with van der Waals surface area (Å²) in [4.78, 5) is 0. The van der Waals surface area contributed by atoms with Crippen LogP contribution in [0.5, 0.6) is 0 Å². The SMILES string of the molecule is Nc1c(Cl)cc2c(c1Cl)CC[C@]2(O)C(F)(F)F. The third-order valence-corrected chi connectivity index (χ3v) is 3.75. The first kappa shape index (κ1) is 12.8. The van der Waals surface area contributed by atoms with Crippen molar-refractivity contribution in [2.75, 3.05) is 5.73 Å². The van der Waals surface area contributed by atoms with Crippen LogP contribution in [0.25, 0.3) is 0 Å². The number of alkyl halides is 3. The van der Waals surface area contributed by atoms with Crippen molar-refractivity contribution >= 4 is 28.9 Å². The number of nitrogens with two attached hydrogens (primary N) is 1. The fourth-order valence-electron chi connectivity index (χ4n) is 2.03. The lowest BCUT2D eigenvalue weighted by atomic mass is 9.95. The molecule has 0 aromatic heterocycles. The molecular formula is C10H8Cl2F3NO. The molecule has 0 saturated heterocycles. The van der Waals surface area contributed by atoms with E-state index in [0.29, 0.717) is 0 Å². The van der Waals surface area contributed by atoms with Gasteiger partial charge in [0.25, 0.3) is 0 Å². The molecule has 94 valence electrons. The van der Waals surface area contributed by atoms with Crippen molar-refractivity contribution < 1.29 is 18.3 Å². The molecule has 0 fully saturated rings. The largest absolute Gasteiger partial charge is 0.421 e. The summed E-state index contributed by atoms with van der Waals surface area (Å²) in [5.41, 5.74) is 2.60. The molecule has 0 aliphatic heterocycles. The van der Waals surface area contributed by atoms with Crippen LogP contribution in [-0.4, -0.2) is 11.3 Å². The van der Waals surface area contributed by atoms with E-state index >= 15 is 0 Å². The van der Waals surface area contributed by atoms with Crippen LogP contribution < -0.4 is 5.73 Å². The number of rotatable bonds is 0. The zero-order chi connectivity index (χ0) is 13.0. The van der Waals surface area contributed by atoms with Crippen molar-refractivity contribution in [1.82, 2.24) is 0 Å². The number of nitrogen functional groups attached to an aromatic ring is 1. The Bertz CT molecular complexity index is 489. The quantitative estimate of drug-likeness (QED) is 0.719. The number of halogens is 5. The van der Waals surface area contributed by atoms with Crippen molar-refractivity contribution in [3.05, 3.63) is 27.2 Å². The number of fused-ring (bicyclic) bond motifs is 1. The molecular weight excluding hydrogens is 278 g/mol. The molecule has 3 N–H and O–H groups in total. The van der Waals surface area contributed by atoms with Crippen molar-refractivity contribution in [3.8, 4) is 0 Å². The lowest BCUT2D eigenvalue weighted by molar-refractivity contribution is -0.265. The second-order valence-corrected chi connectivity index (χ2v) is 4.76. The fourth-order valence-corrected chi connectivity index (χ4v) is 2.58. The molecule has 0 heterocycles. The lowest BCUT2D eigenvalue weighted by Gasteiger charge is -2.27. The zero-order valence-corrected chi connectivity index (χ0v) is 9.92. The van der Waals surface area contributed by atoms with E-state index in [1.807, 2.05) is 0 Å². The Labute approximate surface area is 105 Å².